The first-order valence-corrected chi connectivity index (χ1v) is 3.91. The first-order chi connectivity index (χ1) is 5.88. The van der Waals surface area contributed by atoms with E-state index in [1.54, 1.807) is 6.20 Å². The fourth-order valence-electron chi connectivity index (χ4n) is 0.892. The van der Waals surface area contributed by atoms with Crippen LogP contribution in [0.5, 0.6) is 0 Å². The van der Waals surface area contributed by atoms with Crippen LogP contribution >= 0.6 is 0 Å². The second-order valence-electron chi connectivity index (χ2n) is 2.00. The summed E-state index contributed by atoms with van der Waals surface area (Å²) in [7, 11) is 0. The highest BCUT2D eigenvalue weighted by Gasteiger charge is 1.97. The van der Waals surface area contributed by atoms with Gasteiger partial charge >= 0.3 is 0 Å². The highest BCUT2D eigenvalue weighted by molar-refractivity contribution is 5.85. The van der Waals surface area contributed by atoms with Crippen molar-refractivity contribution in [3.63, 3.8) is 0 Å². The van der Waals surface area contributed by atoms with Gasteiger partial charge in [-0.05, 0) is 6.07 Å². The topological polar surface area (TPSA) is 67.6 Å². The molecule has 0 radical (unpaired) electrons. The largest absolute Gasteiger partial charge is 0.383 e. The maximum Gasteiger partial charge on any atom is 0.142 e. The Hall–Kier alpha value is -1.58. The Kier molecular flexibility index (Phi) is 2.63. The van der Waals surface area contributed by atoms with Gasteiger partial charge in [-0.2, -0.15) is 0 Å². The number of aromatic nitrogens is 3. The summed E-state index contributed by atoms with van der Waals surface area (Å²) >= 11 is 0. The Morgan fingerprint density at radius 3 is 2.75 bits per heavy atom. The smallest absolute Gasteiger partial charge is 0.142 e. The predicted octanol–water partition coefficient (Wildman–Crippen LogP) is 1.57. The molecule has 0 bridgehead atoms. The first kappa shape index (κ1) is 8.52. The Bertz CT molecular complexity index is 353. The third-order valence-corrected chi connectivity index (χ3v) is 1.38. The fourth-order valence-corrected chi connectivity index (χ4v) is 0.892. The van der Waals surface area contributed by atoms with Crippen molar-refractivity contribution in [1.82, 2.24) is 15.0 Å². The zero-order chi connectivity index (χ0) is 8.97. The number of nitrogens with two attached hydrogens (primary N) is 1. The highest BCUT2D eigenvalue weighted by Crippen LogP contribution is 2.12. The Labute approximate surface area is 70.8 Å². The number of hydrogen-bond donors (Lipinski definition) is 2. The lowest BCUT2D eigenvalue weighted by Gasteiger charge is -1.90. The van der Waals surface area contributed by atoms with Gasteiger partial charge in [-0.3, -0.25) is 0 Å². The molecule has 4 heteroatoms. The number of nitrogen functional groups attached to an aromatic ring is 1. The number of aromatic amines is 1. The third kappa shape index (κ3) is 1.37. The van der Waals surface area contributed by atoms with Gasteiger partial charge in [-0.15, -0.1) is 0 Å². The molecule has 0 fully saturated rings. The van der Waals surface area contributed by atoms with Gasteiger partial charge in [0.2, 0.25) is 0 Å². The number of nitrogens with one attached hydrogen (secondary N) is 1. The van der Waals surface area contributed by atoms with Crippen LogP contribution in [0.15, 0.2) is 18.6 Å². The van der Waals surface area contributed by atoms with Gasteiger partial charge < -0.3 is 10.7 Å². The molecule has 0 aliphatic heterocycles. The molecule has 4 nitrogen and oxygen atoms in total. The molecule has 64 valence electrons. The number of anilines is 1. The minimum atomic E-state index is 0.520. The van der Waals surface area contributed by atoms with E-state index in [0.717, 1.165) is 11.0 Å². The van der Waals surface area contributed by atoms with Gasteiger partial charge in [0.25, 0.3) is 0 Å². The average Bonchev–Trinajstić information content (AvgIpc) is 2.57. The number of H-pyrrole nitrogens is 1. The molecule has 0 unspecified atom stereocenters. The van der Waals surface area contributed by atoms with E-state index in [0.29, 0.717) is 5.82 Å². The van der Waals surface area contributed by atoms with Crippen molar-refractivity contribution in [3.8, 4) is 0 Å². The molecule has 0 spiro atoms. The summed E-state index contributed by atoms with van der Waals surface area (Å²) in [6.45, 7) is 4.00. The normalized spacial score (nSPS) is 9.17. The first-order valence-electron chi connectivity index (χ1n) is 3.91. The summed E-state index contributed by atoms with van der Waals surface area (Å²) in [5.41, 5.74) is 6.31. The van der Waals surface area contributed by atoms with E-state index in [1.165, 1.54) is 6.33 Å². The van der Waals surface area contributed by atoms with Crippen molar-refractivity contribution in [2.45, 2.75) is 13.8 Å². The van der Waals surface area contributed by atoms with Crippen LogP contribution in [0.2, 0.25) is 0 Å². The zero-order valence-corrected chi connectivity index (χ0v) is 7.20. The van der Waals surface area contributed by atoms with E-state index in [-0.39, 0.29) is 0 Å². The van der Waals surface area contributed by atoms with Crippen molar-refractivity contribution < 1.29 is 0 Å². The molecule has 0 atom stereocenters. The molecule has 2 rings (SSSR count). The van der Waals surface area contributed by atoms with E-state index in [1.807, 2.05) is 19.9 Å². The quantitative estimate of drug-likeness (QED) is 0.621. The Morgan fingerprint density at radius 2 is 2.08 bits per heavy atom. The minimum Gasteiger partial charge on any atom is -0.383 e. The van der Waals surface area contributed by atoms with Gasteiger partial charge in [-0.25, -0.2) is 9.97 Å². The maximum absolute atomic E-state index is 5.53. The van der Waals surface area contributed by atoms with Crippen LogP contribution in [0.3, 0.4) is 0 Å². The molecule has 0 aromatic carbocycles. The summed E-state index contributed by atoms with van der Waals surface area (Å²) in [5, 5.41) is 0.877. The van der Waals surface area contributed by atoms with Crippen LogP contribution in [-0.2, 0) is 0 Å². The number of rotatable bonds is 0. The van der Waals surface area contributed by atoms with Crippen molar-refractivity contribution in [3.05, 3.63) is 18.6 Å². The molecule has 0 aliphatic carbocycles. The van der Waals surface area contributed by atoms with E-state index in [4.69, 9.17) is 5.73 Å². The van der Waals surface area contributed by atoms with Gasteiger partial charge in [0.15, 0.2) is 0 Å². The molecule has 2 aromatic heterocycles. The van der Waals surface area contributed by atoms with Crippen LogP contribution in [0.25, 0.3) is 11.0 Å². The molecule has 0 saturated carbocycles. The summed E-state index contributed by atoms with van der Waals surface area (Å²) < 4.78 is 0. The van der Waals surface area contributed by atoms with Crippen molar-refractivity contribution in [1.29, 1.82) is 0 Å². The third-order valence-electron chi connectivity index (χ3n) is 1.38. The van der Waals surface area contributed by atoms with E-state index < -0.39 is 0 Å². The van der Waals surface area contributed by atoms with Crippen molar-refractivity contribution in [2.24, 2.45) is 0 Å². The Balaban J connectivity index is 0.000000336. The van der Waals surface area contributed by atoms with E-state index >= 15 is 0 Å². The van der Waals surface area contributed by atoms with Crippen LogP contribution in [0.4, 0.5) is 5.82 Å². The minimum absolute atomic E-state index is 0.520. The second-order valence-corrected chi connectivity index (χ2v) is 2.00. The molecule has 0 aliphatic rings. The molecular weight excluding hydrogens is 152 g/mol. The zero-order valence-electron chi connectivity index (χ0n) is 7.20. The van der Waals surface area contributed by atoms with Gasteiger partial charge in [-0.1, -0.05) is 13.8 Å². The molecule has 2 heterocycles. The monoisotopic (exact) mass is 164 g/mol. The molecular formula is C8H12N4. The van der Waals surface area contributed by atoms with Crippen LogP contribution in [-0.4, -0.2) is 15.0 Å². The van der Waals surface area contributed by atoms with E-state index in [2.05, 4.69) is 15.0 Å². The molecule has 0 amide bonds. The lowest BCUT2D eigenvalue weighted by atomic mass is 10.4. The fraction of sp³-hybridized carbons (Fsp3) is 0.250. The van der Waals surface area contributed by atoms with Crippen LogP contribution in [0, 0.1) is 0 Å². The molecule has 0 saturated heterocycles. The van der Waals surface area contributed by atoms with Gasteiger partial charge in [0.05, 0.1) is 5.39 Å². The summed E-state index contributed by atoms with van der Waals surface area (Å²) in [4.78, 5) is 10.7. The van der Waals surface area contributed by atoms with Crippen LogP contribution < -0.4 is 5.73 Å². The van der Waals surface area contributed by atoms with Crippen LogP contribution in [0.1, 0.15) is 13.8 Å². The predicted molar refractivity (Wildman–Crippen MR) is 49.6 cm³/mol. The van der Waals surface area contributed by atoms with Crippen molar-refractivity contribution in [2.75, 3.05) is 5.73 Å². The molecule has 12 heavy (non-hydrogen) atoms. The van der Waals surface area contributed by atoms with Gasteiger partial charge in [0, 0.05) is 6.20 Å². The Morgan fingerprint density at radius 1 is 1.33 bits per heavy atom. The average molecular weight is 164 g/mol. The summed E-state index contributed by atoms with van der Waals surface area (Å²) in [6, 6.07) is 1.85. The standard InChI is InChI=1S/C6H6N4.C2H6/c7-5-4-1-2-8-6(4)10-3-9-5;1-2/h1-3H,(H3,7,8,9,10);1-2H3. The summed E-state index contributed by atoms with van der Waals surface area (Å²) in [5.74, 6) is 0.520. The lowest BCUT2D eigenvalue weighted by Crippen LogP contribution is -1.90. The highest BCUT2D eigenvalue weighted by atomic mass is 15.0. The molecule has 2 aromatic rings. The number of fused-ring (bicyclic) bond motifs is 1. The van der Waals surface area contributed by atoms with Gasteiger partial charge in [0.1, 0.15) is 17.8 Å². The SMILES string of the molecule is CC.Nc1ncnc2[nH]ccc12. The lowest BCUT2D eigenvalue weighted by molar-refractivity contribution is 1.21. The van der Waals surface area contributed by atoms with Crippen molar-refractivity contribution >= 4 is 16.9 Å². The summed E-state index contributed by atoms with van der Waals surface area (Å²) in [6.07, 6.45) is 3.23. The molecule has 3 N–H and O–H groups in total. The number of hydrogen-bond acceptors (Lipinski definition) is 3. The second kappa shape index (κ2) is 3.71. The maximum atomic E-state index is 5.53. The van der Waals surface area contributed by atoms with E-state index in [9.17, 15) is 0 Å². The number of nitrogens with zero attached hydrogens (tertiary/aromatic N) is 2.